The van der Waals surface area contributed by atoms with Gasteiger partial charge in [0.25, 0.3) is 0 Å². The number of hydrogen-bond donors (Lipinski definition) is 1. The molecule has 2 rings (SSSR count). The van der Waals surface area contributed by atoms with Crippen LogP contribution in [-0.2, 0) is 4.74 Å². The first-order chi connectivity index (χ1) is 8.59. The molecule has 18 heavy (non-hydrogen) atoms. The van der Waals surface area contributed by atoms with Crippen molar-refractivity contribution in [2.75, 3.05) is 25.2 Å². The van der Waals surface area contributed by atoms with Crippen LogP contribution < -0.4 is 4.90 Å². The van der Waals surface area contributed by atoms with Gasteiger partial charge in [-0.3, -0.25) is 0 Å². The van der Waals surface area contributed by atoms with Gasteiger partial charge >= 0.3 is 0 Å². The summed E-state index contributed by atoms with van der Waals surface area (Å²) in [5.74, 6) is 0. The summed E-state index contributed by atoms with van der Waals surface area (Å²) in [4.78, 5) is 2.30. The first kappa shape index (κ1) is 13.8. The lowest BCUT2D eigenvalue weighted by Gasteiger charge is -2.33. The maximum Gasteiger partial charge on any atom is 0.0762 e. The van der Waals surface area contributed by atoms with Crippen molar-refractivity contribution in [3.8, 4) is 0 Å². The van der Waals surface area contributed by atoms with E-state index >= 15 is 0 Å². The van der Waals surface area contributed by atoms with E-state index in [4.69, 9.17) is 4.74 Å². The molecular weight excluding hydrogens is 294 g/mol. The van der Waals surface area contributed by atoms with Gasteiger partial charge in [0, 0.05) is 30.8 Å². The Balaban J connectivity index is 2.16. The maximum atomic E-state index is 9.58. The zero-order chi connectivity index (χ0) is 13.1. The Kier molecular flexibility index (Phi) is 4.65. The Labute approximate surface area is 117 Å². The van der Waals surface area contributed by atoms with Crippen LogP contribution in [0.1, 0.15) is 31.4 Å². The summed E-state index contributed by atoms with van der Waals surface area (Å²) in [5.41, 5.74) is 2.11. The fourth-order valence-corrected chi connectivity index (χ4v) is 3.01. The van der Waals surface area contributed by atoms with E-state index in [1.54, 1.807) is 6.92 Å². The molecule has 0 spiro atoms. The minimum absolute atomic E-state index is 0.427. The summed E-state index contributed by atoms with van der Waals surface area (Å²) < 4.78 is 6.43. The number of ether oxygens (including phenoxy) is 1. The molecule has 1 aromatic carbocycles. The second kappa shape index (κ2) is 6.04. The lowest BCUT2D eigenvalue weighted by atomic mass is 10.1. The molecule has 1 aliphatic rings. The number of rotatable bonds is 3. The highest BCUT2D eigenvalue weighted by Gasteiger charge is 2.20. The average molecular weight is 314 g/mol. The van der Waals surface area contributed by atoms with Gasteiger partial charge in [0.2, 0.25) is 0 Å². The number of aliphatic hydroxyl groups excluding tert-OH is 1. The van der Waals surface area contributed by atoms with Crippen molar-refractivity contribution in [3.63, 3.8) is 0 Å². The average Bonchev–Trinajstić information content (AvgIpc) is 2.38. The molecule has 0 saturated carbocycles. The minimum atomic E-state index is -0.427. The predicted octanol–water partition coefficient (Wildman–Crippen LogP) is 3.12. The number of anilines is 1. The van der Waals surface area contributed by atoms with E-state index in [-0.39, 0.29) is 0 Å². The van der Waals surface area contributed by atoms with E-state index in [1.165, 1.54) is 5.69 Å². The Bertz CT molecular complexity index is 403. The van der Waals surface area contributed by atoms with E-state index < -0.39 is 6.10 Å². The molecule has 3 nitrogen and oxygen atoms in total. The van der Waals surface area contributed by atoms with Crippen LogP contribution in [-0.4, -0.2) is 31.4 Å². The fourth-order valence-electron chi connectivity index (χ4n) is 2.34. The van der Waals surface area contributed by atoms with Crippen LogP contribution in [0.3, 0.4) is 0 Å². The second-order valence-electron chi connectivity index (χ2n) is 4.84. The van der Waals surface area contributed by atoms with Crippen molar-refractivity contribution < 1.29 is 9.84 Å². The molecule has 1 aromatic rings. The first-order valence-corrected chi connectivity index (χ1v) is 7.17. The predicted molar refractivity (Wildman–Crippen MR) is 77.0 cm³/mol. The van der Waals surface area contributed by atoms with Gasteiger partial charge in [-0.05, 0) is 53.4 Å². The molecule has 0 amide bonds. The van der Waals surface area contributed by atoms with Gasteiger partial charge in [-0.25, -0.2) is 0 Å². The van der Waals surface area contributed by atoms with Crippen molar-refractivity contribution in [1.82, 2.24) is 0 Å². The van der Waals surface area contributed by atoms with Gasteiger partial charge in [-0.15, -0.1) is 0 Å². The number of aliphatic hydroxyl groups is 1. The van der Waals surface area contributed by atoms with Crippen molar-refractivity contribution in [1.29, 1.82) is 0 Å². The van der Waals surface area contributed by atoms with Gasteiger partial charge in [-0.1, -0.05) is 6.07 Å². The van der Waals surface area contributed by atoms with Crippen molar-refractivity contribution >= 4 is 21.6 Å². The highest BCUT2D eigenvalue weighted by Crippen LogP contribution is 2.31. The normalized spacial score (nSPS) is 18.7. The monoisotopic (exact) mass is 313 g/mol. The Hall–Kier alpha value is -0.580. The summed E-state index contributed by atoms with van der Waals surface area (Å²) in [6.45, 7) is 3.47. The SMILES string of the molecule is C[C@@H](O)c1ccc(N(C)C2CCOCC2)c(Br)c1. The van der Waals surface area contributed by atoms with Crippen LogP contribution in [0.2, 0.25) is 0 Å². The molecule has 0 bridgehead atoms. The largest absolute Gasteiger partial charge is 0.389 e. The van der Waals surface area contributed by atoms with Crippen LogP contribution in [0.25, 0.3) is 0 Å². The number of halogens is 1. The third-order valence-corrected chi connectivity index (χ3v) is 4.21. The van der Waals surface area contributed by atoms with Crippen LogP contribution >= 0.6 is 15.9 Å². The Morgan fingerprint density at radius 1 is 1.39 bits per heavy atom. The lowest BCUT2D eigenvalue weighted by Crippen LogP contribution is -2.36. The van der Waals surface area contributed by atoms with Gasteiger partial charge in [0.05, 0.1) is 11.8 Å². The van der Waals surface area contributed by atoms with E-state index in [9.17, 15) is 5.11 Å². The maximum absolute atomic E-state index is 9.58. The Morgan fingerprint density at radius 3 is 2.61 bits per heavy atom. The molecule has 0 unspecified atom stereocenters. The molecule has 1 fully saturated rings. The standard InChI is InChI=1S/C14H20BrNO2/c1-10(17)11-3-4-14(13(15)9-11)16(2)12-5-7-18-8-6-12/h3-4,9-10,12,17H,5-8H2,1-2H3/t10-/m1/s1. The fraction of sp³-hybridized carbons (Fsp3) is 0.571. The molecule has 4 heteroatoms. The zero-order valence-electron chi connectivity index (χ0n) is 10.9. The molecule has 1 aliphatic heterocycles. The highest BCUT2D eigenvalue weighted by molar-refractivity contribution is 9.10. The number of benzene rings is 1. The number of nitrogens with zero attached hydrogens (tertiary/aromatic N) is 1. The zero-order valence-corrected chi connectivity index (χ0v) is 12.5. The summed E-state index contributed by atoms with van der Waals surface area (Å²) in [7, 11) is 2.12. The third-order valence-electron chi connectivity index (χ3n) is 3.57. The molecule has 1 N–H and O–H groups in total. The molecular formula is C14H20BrNO2. The molecule has 1 saturated heterocycles. The van der Waals surface area contributed by atoms with Gasteiger partial charge in [0.1, 0.15) is 0 Å². The Morgan fingerprint density at radius 2 is 2.06 bits per heavy atom. The van der Waals surface area contributed by atoms with E-state index in [1.807, 2.05) is 12.1 Å². The van der Waals surface area contributed by atoms with E-state index in [0.717, 1.165) is 36.1 Å². The van der Waals surface area contributed by atoms with Gasteiger partial charge in [0.15, 0.2) is 0 Å². The van der Waals surface area contributed by atoms with Crippen molar-refractivity contribution in [2.45, 2.75) is 31.9 Å². The quantitative estimate of drug-likeness (QED) is 0.930. The van der Waals surface area contributed by atoms with E-state index in [2.05, 4.69) is 33.9 Å². The molecule has 0 aliphatic carbocycles. The molecule has 1 atom stereocenters. The lowest BCUT2D eigenvalue weighted by molar-refractivity contribution is 0.0854. The first-order valence-electron chi connectivity index (χ1n) is 6.37. The third kappa shape index (κ3) is 3.05. The molecule has 0 aromatic heterocycles. The van der Waals surface area contributed by atoms with Gasteiger partial charge < -0.3 is 14.7 Å². The van der Waals surface area contributed by atoms with Crippen molar-refractivity contribution in [2.24, 2.45) is 0 Å². The van der Waals surface area contributed by atoms with Crippen LogP contribution in [0.15, 0.2) is 22.7 Å². The molecule has 0 radical (unpaired) electrons. The van der Waals surface area contributed by atoms with Crippen LogP contribution in [0.5, 0.6) is 0 Å². The summed E-state index contributed by atoms with van der Waals surface area (Å²) in [6, 6.07) is 6.59. The minimum Gasteiger partial charge on any atom is -0.389 e. The molecule has 100 valence electrons. The summed E-state index contributed by atoms with van der Waals surface area (Å²) in [5, 5.41) is 9.58. The second-order valence-corrected chi connectivity index (χ2v) is 5.70. The smallest absolute Gasteiger partial charge is 0.0762 e. The topological polar surface area (TPSA) is 32.7 Å². The summed E-state index contributed by atoms with van der Waals surface area (Å²) >= 11 is 3.60. The summed E-state index contributed by atoms with van der Waals surface area (Å²) in [6.07, 6.45) is 1.71. The van der Waals surface area contributed by atoms with Crippen LogP contribution in [0, 0.1) is 0 Å². The van der Waals surface area contributed by atoms with Crippen LogP contribution in [0.4, 0.5) is 5.69 Å². The van der Waals surface area contributed by atoms with E-state index in [0.29, 0.717) is 6.04 Å². The highest BCUT2D eigenvalue weighted by atomic mass is 79.9. The number of hydrogen-bond acceptors (Lipinski definition) is 3. The van der Waals surface area contributed by atoms with Gasteiger partial charge in [-0.2, -0.15) is 0 Å². The van der Waals surface area contributed by atoms with Crippen molar-refractivity contribution in [3.05, 3.63) is 28.2 Å². The molecule has 1 heterocycles.